The predicted molar refractivity (Wildman–Crippen MR) is 55.4 cm³/mol. The molecule has 0 aromatic carbocycles. The van der Waals surface area contributed by atoms with E-state index >= 15 is 0 Å². The monoisotopic (exact) mass is 217 g/mol. The third-order valence-corrected chi connectivity index (χ3v) is 2.24. The topological polar surface area (TPSA) is 75.6 Å². The van der Waals surface area contributed by atoms with Crippen molar-refractivity contribution in [3.8, 4) is 0 Å². The Bertz CT molecular complexity index is 227. The first-order valence-corrected chi connectivity index (χ1v) is 4.92. The van der Waals surface area contributed by atoms with Crippen LogP contribution in [0.1, 0.15) is 20.8 Å². The number of ether oxygens (including phenoxy) is 1. The molecule has 0 radical (unpaired) electrons. The van der Waals surface area contributed by atoms with E-state index in [0.29, 0.717) is 6.61 Å². The fraction of sp³-hybridized carbons (Fsp3) is 0.800. The second-order valence-electron chi connectivity index (χ2n) is 3.87. The SMILES string of the molecule is COCC(NC(=O)C(C)C(=O)O)C(C)C. The number of methoxy groups -OCH3 is 1. The molecule has 0 spiro atoms. The maximum Gasteiger partial charge on any atom is 0.315 e. The van der Waals surface area contributed by atoms with Gasteiger partial charge in [0.15, 0.2) is 0 Å². The molecule has 0 saturated carbocycles. The van der Waals surface area contributed by atoms with E-state index in [0.717, 1.165) is 0 Å². The second-order valence-corrected chi connectivity index (χ2v) is 3.87. The highest BCUT2D eigenvalue weighted by atomic mass is 16.5. The molecule has 0 aliphatic rings. The van der Waals surface area contributed by atoms with E-state index in [1.807, 2.05) is 13.8 Å². The lowest BCUT2D eigenvalue weighted by atomic mass is 10.0. The van der Waals surface area contributed by atoms with Crippen molar-refractivity contribution in [2.75, 3.05) is 13.7 Å². The summed E-state index contributed by atoms with van der Waals surface area (Å²) in [4.78, 5) is 22.0. The van der Waals surface area contributed by atoms with Crippen molar-refractivity contribution in [2.45, 2.75) is 26.8 Å². The van der Waals surface area contributed by atoms with Crippen LogP contribution in [-0.4, -0.2) is 36.7 Å². The maximum absolute atomic E-state index is 11.4. The average molecular weight is 217 g/mol. The highest BCUT2D eigenvalue weighted by Gasteiger charge is 2.24. The predicted octanol–water partition coefficient (Wildman–Crippen LogP) is 0.494. The number of aliphatic carboxylic acids is 1. The number of amides is 1. The van der Waals surface area contributed by atoms with Gasteiger partial charge in [-0.1, -0.05) is 13.8 Å². The molecule has 0 fully saturated rings. The van der Waals surface area contributed by atoms with Gasteiger partial charge in [-0.2, -0.15) is 0 Å². The van der Waals surface area contributed by atoms with Crippen LogP contribution < -0.4 is 5.32 Å². The second kappa shape index (κ2) is 6.40. The van der Waals surface area contributed by atoms with Crippen molar-refractivity contribution >= 4 is 11.9 Å². The lowest BCUT2D eigenvalue weighted by Crippen LogP contribution is -2.45. The van der Waals surface area contributed by atoms with Crippen molar-refractivity contribution in [1.29, 1.82) is 0 Å². The molecule has 2 N–H and O–H groups in total. The van der Waals surface area contributed by atoms with Crippen LogP contribution in [0.5, 0.6) is 0 Å². The van der Waals surface area contributed by atoms with Crippen molar-refractivity contribution in [3.63, 3.8) is 0 Å². The molecule has 0 bridgehead atoms. The Kier molecular flexibility index (Phi) is 5.93. The average Bonchev–Trinajstić information content (AvgIpc) is 2.15. The standard InChI is InChI=1S/C10H19NO4/c1-6(2)8(5-15-4)11-9(12)7(3)10(13)14/h6-8H,5H2,1-4H3,(H,11,12)(H,13,14). The van der Waals surface area contributed by atoms with Gasteiger partial charge >= 0.3 is 5.97 Å². The molecule has 1 amide bonds. The van der Waals surface area contributed by atoms with E-state index in [-0.39, 0.29) is 12.0 Å². The number of rotatable bonds is 6. The van der Waals surface area contributed by atoms with Crippen molar-refractivity contribution in [2.24, 2.45) is 11.8 Å². The first-order valence-electron chi connectivity index (χ1n) is 4.92. The quantitative estimate of drug-likeness (QED) is 0.635. The van der Waals surface area contributed by atoms with Gasteiger partial charge in [-0.15, -0.1) is 0 Å². The molecule has 2 atom stereocenters. The number of carbonyl (C=O) groups excluding carboxylic acids is 1. The van der Waals surface area contributed by atoms with Crippen LogP contribution in [0.4, 0.5) is 0 Å². The first-order chi connectivity index (χ1) is 6.90. The van der Waals surface area contributed by atoms with Gasteiger partial charge in [0.05, 0.1) is 12.6 Å². The number of carboxylic acid groups (broad SMARTS) is 1. The summed E-state index contributed by atoms with van der Waals surface area (Å²) >= 11 is 0. The van der Waals surface area contributed by atoms with Gasteiger partial charge in [-0.05, 0) is 12.8 Å². The summed E-state index contributed by atoms with van der Waals surface area (Å²) in [6, 6.07) is -0.149. The molecule has 0 saturated heterocycles. The van der Waals surface area contributed by atoms with E-state index < -0.39 is 17.8 Å². The molecule has 0 aromatic heterocycles. The zero-order valence-electron chi connectivity index (χ0n) is 9.61. The Balaban J connectivity index is 4.28. The zero-order valence-corrected chi connectivity index (χ0v) is 9.61. The van der Waals surface area contributed by atoms with Crippen LogP contribution in [0.2, 0.25) is 0 Å². The molecule has 0 rings (SSSR count). The summed E-state index contributed by atoms with van der Waals surface area (Å²) in [5.74, 6) is -2.41. The van der Waals surface area contributed by atoms with Crippen LogP contribution in [0.3, 0.4) is 0 Å². The molecule has 5 heteroatoms. The van der Waals surface area contributed by atoms with Crippen LogP contribution in [-0.2, 0) is 14.3 Å². The number of nitrogens with one attached hydrogen (secondary N) is 1. The van der Waals surface area contributed by atoms with Crippen molar-refractivity contribution < 1.29 is 19.4 Å². The molecular formula is C10H19NO4. The molecule has 2 unspecified atom stereocenters. The molecule has 0 heterocycles. The van der Waals surface area contributed by atoms with Crippen LogP contribution >= 0.6 is 0 Å². The minimum absolute atomic E-state index is 0.149. The minimum atomic E-state index is -1.12. The normalized spacial score (nSPS) is 14.7. The Morgan fingerprint density at radius 2 is 1.87 bits per heavy atom. The van der Waals surface area contributed by atoms with Crippen molar-refractivity contribution in [3.05, 3.63) is 0 Å². The molecule has 88 valence electrons. The van der Waals surface area contributed by atoms with E-state index in [1.165, 1.54) is 6.92 Å². The molecule has 0 aromatic rings. The maximum atomic E-state index is 11.4. The summed E-state index contributed by atoms with van der Waals surface area (Å²) in [6.07, 6.45) is 0. The Labute approximate surface area is 89.8 Å². The highest BCUT2D eigenvalue weighted by molar-refractivity contribution is 5.96. The van der Waals surface area contributed by atoms with E-state index in [1.54, 1.807) is 7.11 Å². The smallest absolute Gasteiger partial charge is 0.315 e. The fourth-order valence-corrected chi connectivity index (χ4v) is 1.00. The lowest BCUT2D eigenvalue weighted by Gasteiger charge is -2.22. The summed E-state index contributed by atoms with van der Waals surface area (Å²) in [5, 5.41) is 11.3. The largest absolute Gasteiger partial charge is 0.481 e. The van der Waals surface area contributed by atoms with Gasteiger partial charge in [0, 0.05) is 7.11 Å². The van der Waals surface area contributed by atoms with Crippen LogP contribution in [0.15, 0.2) is 0 Å². The molecule has 0 aliphatic carbocycles. The lowest BCUT2D eigenvalue weighted by molar-refractivity contribution is -0.146. The molecule has 15 heavy (non-hydrogen) atoms. The minimum Gasteiger partial charge on any atom is -0.481 e. The summed E-state index contributed by atoms with van der Waals surface area (Å²) in [7, 11) is 1.54. The number of hydrogen-bond donors (Lipinski definition) is 2. The fourth-order valence-electron chi connectivity index (χ4n) is 1.00. The number of carboxylic acids is 1. The van der Waals surface area contributed by atoms with Gasteiger partial charge in [-0.3, -0.25) is 9.59 Å². The van der Waals surface area contributed by atoms with Gasteiger partial charge in [-0.25, -0.2) is 0 Å². The van der Waals surface area contributed by atoms with Gasteiger partial charge in [0.2, 0.25) is 5.91 Å². The number of carbonyl (C=O) groups is 2. The zero-order chi connectivity index (χ0) is 12.0. The third-order valence-electron chi connectivity index (χ3n) is 2.24. The number of hydrogen-bond acceptors (Lipinski definition) is 3. The molecular weight excluding hydrogens is 198 g/mol. The Morgan fingerprint density at radius 3 is 2.20 bits per heavy atom. The van der Waals surface area contributed by atoms with Gasteiger partial charge in [0.1, 0.15) is 5.92 Å². The molecule has 0 aliphatic heterocycles. The summed E-state index contributed by atoms with van der Waals surface area (Å²) < 4.78 is 4.94. The van der Waals surface area contributed by atoms with Gasteiger partial charge in [0.25, 0.3) is 0 Å². The van der Waals surface area contributed by atoms with E-state index in [4.69, 9.17) is 9.84 Å². The third kappa shape index (κ3) is 4.78. The van der Waals surface area contributed by atoms with Crippen LogP contribution in [0.25, 0.3) is 0 Å². The van der Waals surface area contributed by atoms with Gasteiger partial charge < -0.3 is 15.2 Å². The first kappa shape index (κ1) is 13.9. The van der Waals surface area contributed by atoms with Crippen molar-refractivity contribution in [1.82, 2.24) is 5.32 Å². The summed E-state index contributed by atoms with van der Waals surface area (Å²) in [6.45, 7) is 5.63. The molecule has 5 nitrogen and oxygen atoms in total. The summed E-state index contributed by atoms with van der Waals surface area (Å²) in [5.41, 5.74) is 0. The highest BCUT2D eigenvalue weighted by Crippen LogP contribution is 2.04. The Morgan fingerprint density at radius 1 is 1.33 bits per heavy atom. The van der Waals surface area contributed by atoms with E-state index in [9.17, 15) is 9.59 Å². The Hall–Kier alpha value is -1.10. The van der Waals surface area contributed by atoms with Crippen LogP contribution in [0, 0.1) is 11.8 Å². The van der Waals surface area contributed by atoms with E-state index in [2.05, 4.69) is 5.32 Å².